The zero-order valence-electron chi connectivity index (χ0n) is 17.9. The van der Waals surface area contributed by atoms with Crippen LogP contribution in [-0.4, -0.2) is 0 Å². The molecule has 0 atom stereocenters. The molecule has 0 unspecified atom stereocenters. The van der Waals surface area contributed by atoms with Gasteiger partial charge in [0, 0.05) is 20.4 Å². The second-order valence-electron chi connectivity index (χ2n) is 8.57. The first-order valence-electron chi connectivity index (χ1n) is 9.37. The summed E-state index contributed by atoms with van der Waals surface area (Å²) in [5.74, 6) is 0. The molecule has 0 saturated heterocycles. The molecule has 0 amide bonds. The largest absolute Gasteiger partial charge is 0.212 e. The number of nitrogens with zero attached hydrogens (tertiary/aromatic N) is 1. The second-order valence-corrected chi connectivity index (χ2v) is 8.57. The quantitative estimate of drug-likeness (QED) is 0.656. The van der Waals surface area contributed by atoms with Gasteiger partial charge in [-0.15, -0.1) is 0 Å². The highest BCUT2D eigenvalue weighted by atomic mass is 14.9. The Hall–Kier alpha value is -1.63. The third-order valence-electron chi connectivity index (χ3n) is 4.05. The normalized spacial score (nSPS) is 14.4. The Morgan fingerprint density at radius 1 is 1.00 bits per heavy atom. The topological polar surface area (TPSA) is 3.88 Å². The van der Waals surface area contributed by atoms with Gasteiger partial charge >= 0.3 is 0 Å². The summed E-state index contributed by atoms with van der Waals surface area (Å²) in [4.78, 5) is 0. The average molecular weight is 313 g/mol. The molecule has 0 aliphatic rings. The van der Waals surface area contributed by atoms with Crippen LogP contribution >= 0.6 is 0 Å². The van der Waals surface area contributed by atoms with Gasteiger partial charge in [-0.2, -0.15) is 0 Å². The van der Waals surface area contributed by atoms with E-state index < -0.39 is 11.8 Å². The number of rotatable bonds is 2. The Labute approximate surface area is 145 Å². The highest BCUT2D eigenvalue weighted by molar-refractivity contribution is 5.63. The Kier molecular flexibility index (Phi) is 3.97. The van der Waals surface area contributed by atoms with Crippen LogP contribution in [0, 0.1) is 12.3 Å². The average Bonchev–Trinajstić information content (AvgIpc) is 2.46. The van der Waals surface area contributed by atoms with Crippen molar-refractivity contribution < 1.29 is 7.31 Å². The number of hydrogen-bond donors (Lipinski definition) is 0. The number of pyridine rings is 1. The summed E-state index contributed by atoms with van der Waals surface area (Å²) >= 11 is 0. The van der Waals surface area contributed by atoms with Crippen molar-refractivity contribution in [2.24, 2.45) is 12.5 Å². The van der Waals surface area contributed by atoms with Crippen molar-refractivity contribution in [3.8, 4) is 11.3 Å². The Bertz CT molecular complexity index is 778. The van der Waals surface area contributed by atoms with E-state index in [0.29, 0.717) is 0 Å². The van der Waals surface area contributed by atoms with Crippen molar-refractivity contribution >= 4 is 0 Å². The van der Waals surface area contributed by atoms with E-state index in [9.17, 15) is 0 Å². The molecular weight excluding hydrogens is 278 g/mol. The molecule has 0 N–H and O–H groups in total. The van der Waals surface area contributed by atoms with Gasteiger partial charge in [0.2, 0.25) is 5.69 Å². The maximum Gasteiger partial charge on any atom is 0.212 e. The van der Waals surface area contributed by atoms with Crippen LogP contribution in [0.15, 0.2) is 36.5 Å². The number of benzene rings is 1. The van der Waals surface area contributed by atoms with Gasteiger partial charge in [-0.3, -0.25) is 0 Å². The molecular formula is C22H32N+. The van der Waals surface area contributed by atoms with E-state index in [1.165, 1.54) is 16.7 Å². The van der Waals surface area contributed by atoms with Crippen molar-refractivity contribution in [2.45, 2.75) is 60.3 Å². The minimum atomic E-state index is -1.40. The van der Waals surface area contributed by atoms with Gasteiger partial charge in [0.05, 0.1) is 0 Å². The number of aromatic nitrogens is 1. The van der Waals surface area contributed by atoms with Gasteiger partial charge < -0.3 is 0 Å². The predicted molar refractivity (Wildman–Crippen MR) is 99.7 cm³/mol. The third-order valence-corrected chi connectivity index (χ3v) is 4.05. The van der Waals surface area contributed by atoms with Crippen LogP contribution in [0.3, 0.4) is 0 Å². The molecule has 1 nitrogen and oxygen atoms in total. The molecule has 2 aromatic rings. The van der Waals surface area contributed by atoms with Crippen molar-refractivity contribution in [3.05, 3.63) is 53.2 Å². The summed E-state index contributed by atoms with van der Waals surface area (Å²) in [6.45, 7) is 14.6. The molecule has 0 saturated carbocycles. The molecule has 0 spiro atoms. The van der Waals surface area contributed by atoms with Crippen LogP contribution in [-0.2, 0) is 18.8 Å². The smallest absolute Gasteiger partial charge is 0.201 e. The molecule has 0 radical (unpaired) electrons. The minimum Gasteiger partial charge on any atom is -0.201 e. The molecule has 0 aliphatic carbocycles. The fourth-order valence-corrected chi connectivity index (χ4v) is 2.71. The summed E-state index contributed by atoms with van der Waals surface area (Å²) in [6.07, 6.45) is 0.572. The lowest BCUT2D eigenvalue weighted by molar-refractivity contribution is -0.660. The SMILES string of the molecule is [2H]C([2H])(c1cc[n+](C)c(-c2cc(C(C)(C)C)ccc2C)c1)C(C)(C)C. The monoisotopic (exact) mass is 312 g/mol. The van der Waals surface area contributed by atoms with Gasteiger partial charge in [0.25, 0.3) is 0 Å². The van der Waals surface area contributed by atoms with E-state index in [2.05, 4.69) is 50.5 Å². The summed E-state index contributed by atoms with van der Waals surface area (Å²) in [5.41, 5.74) is 5.06. The van der Waals surface area contributed by atoms with Gasteiger partial charge in [-0.05, 0) is 46.9 Å². The van der Waals surface area contributed by atoms with Crippen LogP contribution in [0.1, 0.15) is 61.0 Å². The Morgan fingerprint density at radius 3 is 2.22 bits per heavy atom. The van der Waals surface area contributed by atoms with E-state index >= 15 is 0 Å². The maximum absolute atomic E-state index is 8.60. The Morgan fingerprint density at radius 2 is 1.65 bits per heavy atom. The van der Waals surface area contributed by atoms with E-state index in [1.54, 1.807) is 0 Å². The van der Waals surface area contributed by atoms with Crippen LogP contribution in [0.4, 0.5) is 0 Å². The van der Waals surface area contributed by atoms with Crippen molar-refractivity contribution in [3.63, 3.8) is 0 Å². The summed E-state index contributed by atoms with van der Waals surface area (Å²) in [5, 5.41) is 0. The zero-order valence-corrected chi connectivity index (χ0v) is 15.9. The summed E-state index contributed by atoms with van der Waals surface area (Å²) < 4.78 is 19.3. The van der Waals surface area contributed by atoms with Crippen molar-refractivity contribution in [1.82, 2.24) is 0 Å². The van der Waals surface area contributed by atoms with Gasteiger partial charge in [-0.1, -0.05) is 53.7 Å². The first kappa shape index (κ1) is 14.9. The van der Waals surface area contributed by atoms with Crippen molar-refractivity contribution in [1.29, 1.82) is 0 Å². The van der Waals surface area contributed by atoms with E-state index in [1.807, 2.05) is 46.1 Å². The molecule has 1 heteroatoms. The van der Waals surface area contributed by atoms with E-state index in [-0.39, 0.29) is 5.41 Å². The molecule has 1 heterocycles. The lowest BCUT2D eigenvalue weighted by Crippen LogP contribution is -2.31. The highest BCUT2D eigenvalue weighted by Gasteiger charge is 2.20. The molecule has 0 aliphatic heterocycles. The lowest BCUT2D eigenvalue weighted by Gasteiger charge is -2.21. The fraction of sp³-hybridized carbons (Fsp3) is 0.500. The predicted octanol–water partition coefficient (Wildman–Crippen LogP) is 5.37. The van der Waals surface area contributed by atoms with E-state index in [0.717, 1.165) is 11.3 Å². The first-order valence-corrected chi connectivity index (χ1v) is 8.37. The Balaban J connectivity index is 2.67. The van der Waals surface area contributed by atoms with Crippen LogP contribution in [0.25, 0.3) is 11.3 Å². The van der Waals surface area contributed by atoms with Gasteiger partial charge in [0.1, 0.15) is 7.05 Å². The minimum absolute atomic E-state index is 0.0820. The molecule has 0 fully saturated rings. The second kappa shape index (κ2) is 6.11. The van der Waals surface area contributed by atoms with Crippen LogP contribution in [0.2, 0.25) is 0 Å². The molecule has 2 rings (SSSR count). The first-order chi connectivity index (χ1) is 11.2. The molecule has 124 valence electrons. The molecule has 0 bridgehead atoms. The van der Waals surface area contributed by atoms with Crippen molar-refractivity contribution in [2.75, 3.05) is 0 Å². The molecule has 1 aromatic carbocycles. The van der Waals surface area contributed by atoms with Gasteiger partial charge in [0.15, 0.2) is 6.20 Å². The molecule has 1 aromatic heterocycles. The summed E-state index contributed by atoms with van der Waals surface area (Å²) in [7, 11) is 2.02. The molecule has 23 heavy (non-hydrogen) atoms. The number of aryl methyl sites for hydroxylation is 2. The van der Waals surface area contributed by atoms with E-state index in [4.69, 9.17) is 2.74 Å². The highest BCUT2D eigenvalue weighted by Crippen LogP contribution is 2.30. The fourth-order valence-electron chi connectivity index (χ4n) is 2.71. The van der Waals surface area contributed by atoms with Crippen LogP contribution in [0.5, 0.6) is 0 Å². The standard InChI is InChI=1S/C22H32N/c1-16-9-10-18(22(5,6)7)14-19(16)20-13-17(11-12-23(20)8)15-21(2,3)4/h9-14H,15H2,1-8H3/q+1/i15D2. The van der Waals surface area contributed by atoms with Gasteiger partial charge in [-0.25, -0.2) is 4.57 Å². The summed E-state index contributed by atoms with van der Waals surface area (Å²) in [6, 6.07) is 10.5. The van der Waals surface area contributed by atoms with Crippen LogP contribution < -0.4 is 4.57 Å². The maximum atomic E-state index is 8.60. The third kappa shape index (κ3) is 4.43. The zero-order chi connectivity index (χ0) is 19.2. The lowest BCUT2D eigenvalue weighted by atomic mass is 9.84. The number of hydrogen-bond acceptors (Lipinski definition) is 0.